The maximum atomic E-state index is 12.5. The van der Waals surface area contributed by atoms with Gasteiger partial charge in [0.15, 0.2) is 5.54 Å². The van der Waals surface area contributed by atoms with Crippen LogP contribution in [0.1, 0.15) is 48.7 Å². The van der Waals surface area contributed by atoms with Crippen molar-refractivity contribution in [3.63, 3.8) is 0 Å². The van der Waals surface area contributed by atoms with Crippen LogP contribution in [0.4, 0.5) is 5.69 Å². The molecule has 0 aromatic carbocycles. The Balaban J connectivity index is 1.79. The first-order valence-electron chi connectivity index (χ1n) is 7.42. The molecule has 1 fully saturated rings. The van der Waals surface area contributed by atoms with E-state index < -0.39 is 11.5 Å². The summed E-state index contributed by atoms with van der Waals surface area (Å²) in [5.74, 6) is -0.855. The maximum absolute atomic E-state index is 12.5. The third-order valence-electron chi connectivity index (χ3n) is 4.13. The van der Waals surface area contributed by atoms with Crippen molar-refractivity contribution >= 4 is 17.6 Å². The van der Waals surface area contributed by atoms with Gasteiger partial charge in [0.05, 0.1) is 29.3 Å². The Labute approximate surface area is 133 Å². The summed E-state index contributed by atoms with van der Waals surface area (Å²) in [6, 6.07) is 0. The summed E-state index contributed by atoms with van der Waals surface area (Å²) < 4.78 is 3.06. The van der Waals surface area contributed by atoms with Crippen LogP contribution in [0.2, 0.25) is 0 Å². The second kappa shape index (κ2) is 5.22. The number of aryl methyl sites for hydroxylation is 1. The van der Waals surface area contributed by atoms with E-state index in [9.17, 15) is 14.7 Å². The predicted octanol–water partition coefficient (Wildman–Crippen LogP) is 1.57. The van der Waals surface area contributed by atoms with E-state index in [2.05, 4.69) is 15.5 Å². The molecule has 1 saturated carbocycles. The molecule has 23 heavy (non-hydrogen) atoms. The van der Waals surface area contributed by atoms with Gasteiger partial charge in [-0.2, -0.15) is 10.2 Å². The lowest BCUT2D eigenvalue weighted by Crippen LogP contribution is -2.35. The van der Waals surface area contributed by atoms with Crippen LogP contribution in [0.15, 0.2) is 18.6 Å². The van der Waals surface area contributed by atoms with E-state index in [1.165, 1.54) is 17.1 Å². The number of carboxylic acid groups (broad SMARTS) is 1. The van der Waals surface area contributed by atoms with E-state index in [-0.39, 0.29) is 5.91 Å². The highest BCUT2D eigenvalue weighted by atomic mass is 16.4. The molecule has 8 heteroatoms. The molecule has 1 amide bonds. The zero-order valence-electron chi connectivity index (χ0n) is 13.3. The molecule has 0 saturated heterocycles. The average molecular weight is 317 g/mol. The first-order chi connectivity index (χ1) is 10.8. The van der Waals surface area contributed by atoms with E-state index in [1.54, 1.807) is 24.7 Å². The number of hydrogen-bond donors (Lipinski definition) is 2. The summed E-state index contributed by atoms with van der Waals surface area (Å²) in [6.07, 6.45) is 6.67. The molecule has 0 radical (unpaired) electrons. The number of aromatic nitrogens is 4. The monoisotopic (exact) mass is 317 g/mol. The summed E-state index contributed by atoms with van der Waals surface area (Å²) in [4.78, 5) is 23.7. The second-order valence-electron chi connectivity index (χ2n) is 6.33. The Morgan fingerprint density at radius 1 is 1.30 bits per heavy atom. The lowest BCUT2D eigenvalue weighted by Gasteiger charge is -2.19. The van der Waals surface area contributed by atoms with Crippen LogP contribution in [0, 0.1) is 0 Å². The quantitative estimate of drug-likeness (QED) is 0.871. The zero-order chi connectivity index (χ0) is 16.8. The van der Waals surface area contributed by atoms with E-state index in [0.29, 0.717) is 17.2 Å². The predicted molar refractivity (Wildman–Crippen MR) is 82.3 cm³/mol. The van der Waals surface area contributed by atoms with Crippen LogP contribution < -0.4 is 5.32 Å². The number of amides is 1. The van der Waals surface area contributed by atoms with Gasteiger partial charge < -0.3 is 10.4 Å². The number of carboxylic acids is 1. The summed E-state index contributed by atoms with van der Waals surface area (Å²) in [5, 5.41) is 20.2. The minimum atomic E-state index is -1.18. The SMILES string of the molecule is Cn1ncc(C(=O)Nc2cnn(C(C)(C)C(=O)O)c2)c1C1CC1. The Bertz CT molecular complexity index is 770. The maximum Gasteiger partial charge on any atom is 0.331 e. The van der Waals surface area contributed by atoms with Crippen LogP contribution in [0.25, 0.3) is 0 Å². The molecule has 2 N–H and O–H groups in total. The molecule has 2 aromatic rings. The minimum absolute atomic E-state index is 0.257. The molecule has 0 aliphatic heterocycles. The third-order valence-corrected chi connectivity index (χ3v) is 4.13. The normalized spacial score (nSPS) is 14.7. The number of nitrogens with one attached hydrogen (secondary N) is 1. The van der Waals surface area contributed by atoms with Crippen LogP contribution in [0.3, 0.4) is 0 Å². The first-order valence-corrected chi connectivity index (χ1v) is 7.42. The molecular formula is C15H19N5O3. The van der Waals surface area contributed by atoms with Crippen molar-refractivity contribution in [1.29, 1.82) is 0 Å². The van der Waals surface area contributed by atoms with Crippen LogP contribution in [-0.4, -0.2) is 36.5 Å². The van der Waals surface area contributed by atoms with Gasteiger partial charge in [0.2, 0.25) is 0 Å². The molecule has 0 bridgehead atoms. The zero-order valence-corrected chi connectivity index (χ0v) is 13.3. The molecule has 1 aliphatic rings. The largest absolute Gasteiger partial charge is 0.479 e. The summed E-state index contributed by atoms with van der Waals surface area (Å²) in [7, 11) is 1.83. The van der Waals surface area contributed by atoms with Crippen molar-refractivity contribution in [3.05, 3.63) is 29.8 Å². The minimum Gasteiger partial charge on any atom is -0.479 e. The van der Waals surface area contributed by atoms with Gasteiger partial charge in [-0.05, 0) is 26.7 Å². The highest BCUT2D eigenvalue weighted by Crippen LogP contribution is 2.41. The summed E-state index contributed by atoms with van der Waals surface area (Å²) in [6.45, 7) is 3.08. The Morgan fingerprint density at radius 3 is 2.61 bits per heavy atom. The van der Waals surface area contributed by atoms with E-state index in [1.807, 2.05) is 7.05 Å². The lowest BCUT2D eigenvalue weighted by atomic mass is 10.1. The highest BCUT2D eigenvalue weighted by molar-refractivity contribution is 6.05. The van der Waals surface area contributed by atoms with Crippen molar-refractivity contribution < 1.29 is 14.7 Å². The Morgan fingerprint density at radius 2 is 2.00 bits per heavy atom. The Kier molecular flexibility index (Phi) is 3.46. The van der Waals surface area contributed by atoms with Crippen molar-refractivity contribution in [1.82, 2.24) is 19.6 Å². The number of hydrogen-bond acceptors (Lipinski definition) is 4. The van der Waals surface area contributed by atoms with E-state index in [4.69, 9.17) is 0 Å². The van der Waals surface area contributed by atoms with Crippen LogP contribution in [0.5, 0.6) is 0 Å². The third kappa shape index (κ3) is 2.71. The lowest BCUT2D eigenvalue weighted by molar-refractivity contribution is -0.146. The fraction of sp³-hybridized carbons (Fsp3) is 0.467. The van der Waals surface area contributed by atoms with Gasteiger partial charge in [-0.1, -0.05) is 0 Å². The van der Waals surface area contributed by atoms with Gasteiger partial charge in [-0.25, -0.2) is 4.79 Å². The van der Waals surface area contributed by atoms with Gasteiger partial charge >= 0.3 is 5.97 Å². The van der Waals surface area contributed by atoms with Gasteiger partial charge in [0.1, 0.15) is 0 Å². The number of rotatable bonds is 5. The smallest absolute Gasteiger partial charge is 0.331 e. The molecule has 2 heterocycles. The summed E-state index contributed by atoms with van der Waals surface area (Å²) in [5.41, 5.74) is 0.770. The van der Waals surface area contributed by atoms with Gasteiger partial charge in [-0.3, -0.25) is 14.2 Å². The van der Waals surface area contributed by atoms with Crippen molar-refractivity contribution in [2.24, 2.45) is 7.05 Å². The van der Waals surface area contributed by atoms with Crippen molar-refractivity contribution in [2.75, 3.05) is 5.32 Å². The molecule has 3 rings (SSSR count). The first kappa shape index (κ1) is 15.3. The van der Waals surface area contributed by atoms with Crippen molar-refractivity contribution in [3.8, 4) is 0 Å². The molecule has 8 nitrogen and oxygen atoms in total. The molecule has 122 valence electrons. The van der Waals surface area contributed by atoms with Gasteiger partial charge in [-0.15, -0.1) is 0 Å². The number of nitrogens with zero attached hydrogens (tertiary/aromatic N) is 4. The Hall–Kier alpha value is -2.64. The highest BCUT2D eigenvalue weighted by Gasteiger charge is 2.32. The number of aliphatic carboxylic acids is 1. The standard InChI is InChI=1S/C15H19N5O3/c1-15(2,14(22)23)20-8-10(6-17-20)18-13(21)11-7-16-19(3)12(11)9-4-5-9/h6-9H,4-5H2,1-3H3,(H,18,21)(H,22,23). The molecule has 0 unspecified atom stereocenters. The van der Waals surface area contributed by atoms with Crippen molar-refractivity contribution in [2.45, 2.75) is 38.1 Å². The topological polar surface area (TPSA) is 102 Å². The molecule has 1 aliphatic carbocycles. The number of anilines is 1. The molecule has 0 atom stereocenters. The molecular weight excluding hydrogens is 298 g/mol. The summed E-state index contributed by atoms with van der Waals surface area (Å²) >= 11 is 0. The van der Waals surface area contributed by atoms with Gasteiger partial charge in [0.25, 0.3) is 5.91 Å². The second-order valence-corrected chi connectivity index (χ2v) is 6.33. The number of carbonyl (C=O) groups excluding carboxylic acids is 1. The van der Waals surface area contributed by atoms with E-state index in [0.717, 1.165) is 18.5 Å². The fourth-order valence-electron chi connectivity index (χ4n) is 2.45. The van der Waals surface area contributed by atoms with Crippen LogP contribution in [-0.2, 0) is 17.4 Å². The fourth-order valence-corrected chi connectivity index (χ4v) is 2.45. The average Bonchev–Trinajstić information content (AvgIpc) is 3.07. The van der Waals surface area contributed by atoms with Crippen LogP contribution >= 0.6 is 0 Å². The molecule has 2 aromatic heterocycles. The van der Waals surface area contributed by atoms with Gasteiger partial charge in [0, 0.05) is 19.2 Å². The molecule has 0 spiro atoms. The van der Waals surface area contributed by atoms with E-state index >= 15 is 0 Å². The number of carbonyl (C=O) groups is 2.